The highest BCUT2D eigenvalue weighted by Crippen LogP contribution is 2.21. The van der Waals surface area contributed by atoms with E-state index in [2.05, 4.69) is 26.2 Å². The third-order valence-electron chi connectivity index (χ3n) is 3.79. The molecule has 0 aliphatic carbocycles. The highest BCUT2D eigenvalue weighted by molar-refractivity contribution is 9.10. The number of halogens is 1. The molecule has 2 aromatic heterocycles. The molecule has 0 bridgehead atoms. The second kappa shape index (κ2) is 7.06. The standard InChI is InChI=1S/C18H17BrN4O2/c1-12-6-5-9-16-20-15(10-23(12)16)18(25)22(2)11-17(24)21-14-8-4-3-7-13(14)19/h3-10H,11H2,1-2H3,(H,21,24). The van der Waals surface area contributed by atoms with Crippen molar-refractivity contribution in [3.8, 4) is 0 Å². The number of rotatable bonds is 4. The van der Waals surface area contributed by atoms with Crippen LogP contribution in [0.15, 0.2) is 53.1 Å². The summed E-state index contributed by atoms with van der Waals surface area (Å²) in [6.07, 6.45) is 1.69. The second-order valence-electron chi connectivity index (χ2n) is 5.71. The van der Waals surface area contributed by atoms with Crippen LogP contribution in [-0.2, 0) is 4.79 Å². The number of fused-ring (bicyclic) bond motifs is 1. The first kappa shape index (κ1) is 17.2. The lowest BCUT2D eigenvalue weighted by Gasteiger charge is -2.16. The quantitative estimate of drug-likeness (QED) is 0.731. The Kier molecular flexibility index (Phi) is 4.85. The summed E-state index contributed by atoms with van der Waals surface area (Å²) in [5, 5.41) is 2.78. The number of aromatic nitrogens is 2. The lowest BCUT2D eigenvalue weighted by molar-refractivity contribution is -0.116. The molecule has 0 atom stereocenters. The van der Waals surface area contributed by atoms with Crippen LogP contribution in [0.4, 0.5) is 5.69 Å². The summed E-state index contributed by atoms with van der Waals surface area (Å²) in [5.41, 5.74) is 2.66. The van der Waals surface area contributed by atoms with Crippen LogP contribution in [0.25, 0.3) is 5.65 Å². The smallest absolute Gasteiger partial charge is 0.274 e. The maximum absolute atomic E-state index is 12.5. The topological polar surface area (TPSA) is 66.7 Å². The predicted molar refractivity (Wildman–Crippen MR) is 99.7 cm³/mol. The van der Waals surface area contributed by atoms with E-state index in [0.717, 1.165) is 10.2 Å². The van der Waals surface area contributed by atoms with Gasteiger partial charge in [-0.3, -0.25) is 9.59 Å². The van der Waals surface area contributed by atoms with Gasteiger partial charge in [0.25, 0.3) is 5.91 Å². The van der Waals surface area contributed by atoms with Gasteiger partial charge in [0.2, 0.25) is 5.91 Å². The van der Waals surface area contributed by atoms with Crippen molar-refractivity contribution in [3.05, 3.63) is 64.5 Å². The Morgan fingerprint density at radius 2 is 1.96 bits per heavy atom. The van der Waals surface area contributed by atoms with E-state index in [9.17, 15) is 9.59 Å². The normalized spacial score (nSPS) is 10.7. The van der Waals surface area contributed by atoms with Crippen LogP contribution in [0.1, 0.15) is 16.2 Å². The van der Waals surface area contributed by atoms with Gasteiger partial charge in [0, 0.05) is 23.4 Å². The first-order valence-corrected chi connectivity index (χ1v) is 8.49. The van der Waals surface area contributed by atoms with E-state index < -0.39 is 0 Å². The number of likely N-dealkylation sites (N-methyl/N-ethyl adjacent to an activating group) is 1. The van der Waals surface area contributed by atoms with Crippen molar-refractivity contribution in [3.63, 3.8) is 0 Å². The van der Waals surface area contributed by atoms with Gasteiger partial charge in [0.1, 0.15) is 11.3 Å². The molecule has 1 aromatic carbocycles. The zero-order chi connectivity index (χ0) is 18.0. The van der Waals surface area contributed by atoms with E-state index in [4.69, 9.17) is 0 Å². The Bertz CT molecular complexity index is 951. The number of para-hydroxylation sites is 1. The highest BCUT2D eigenvalue weighted by atomic mass is 79.9. The summed E-state index contributed by atoms with van der Waals surface area (Å²) in [6.45, 7) is 1.88. The summed E-state index contributed by atoms with van der Waals surface area (Å²) < 4.78 is 2.63. The number of benzene rings is 1. The Morgan fingerprint density at radius 1 is 1.20 bits per heavy atom. The maximum atomic E-state index is 12.5. The van der Waals surface area contributed by atoms with Crippen LogP contribution in [0.2, 0.25) is 0 Å². The molecule has 7 heteroatoms. The third-order valence-corrected chi connectivity index (χ3v) is 4.48. The van der Waals surface area contributed by atoms with Gasteiger partial charge in [-0.2, -0.15) is 0 Å². The van der Waals surface area contributed by atoms with Crippen LogP contribution in [-0.4, -0.2) is 39.7 Å². The number of nitrogens with one attached hydrogen (secondary N) is 1. The Labute approximate surface area is 153 Å². The molecular formula is C18H17BrN4O2. The molecule has 6 nitrogen and oxygen atoms in total. The van der Waals surface area contributed by atoms with E-state index in [1.165, 1.54) is 4.90 Å². The fourth-order valence-electron chi connectivity index (χ4n) is 2.49. The van der Waals surface area contributed by atoms with Crippen LogP contribution in [0, 0.1) is 6.92 Å². The SMILES string of the molecule is Cc1cccc2nc(C(=O)N(C)CC(=O)Nc3ccccc3Br)cn12. The number of imidazole rings is 1. The minimum absolute atomic E-state index is 0.0625. The molecule has 0 spiro atoms. The van der Waals surface area contributed by atoms with Gasteiger partial charge >= 0.3 is 0 Å². The van der Waals surface area contributed by atoms with Crippen molar-refractivity contribution >= 4 is 39.1 Å². The van der Waals surface area contributed by atoms with Crippen LogP contribution in [0.5, 0.6) is 0 Å². The molecule has 0 aliphatic rings. The van der Waals surface area contributed by atoms with Crippen molar-refractivity contribution in [2.75, 3.05) is 18.9 Å². The van der Waals surface area contributed by atoms with Crippen LogP contribution >= 0.6 is 15.9 Å². The summed E-state index contributed by atoms with van der Waals surface area (Å²) in [7, 11) is 1.58. The lowest BCUT2D eigenvalue weighted by Crippen LogP contribution is -2.35. The van der Waals surface area contributed by atoms with E-state index in [0.29, 0.717) is 17.0 Å². The van der Waals surface area contributed by atoms with Crippen LogP contribution in [0.3, 0.4) is 0 Å². The molecule has 0 saturated carbocycles. The molecule has 2 heterocycles. The summed E-state index contributed by atoms with van der Waals surface area (Å²) in [4.78, 5) is 30.4. The van der Waals surface area contributed by atoms with Gasteiger partial charge in [0.15, 0.2) is 0 Å². The Balaban J connectivity index is 1.70. The first-order valence-electron chi connectivity index (χ1n) is 7.70. The second-order valence-corrected chi connectivity index (χ2v) is 6.57. The van der Waals surface area contributed by atoms with E-state index in [1.54, 1.807) is 19.3 Å². The summed E-state index contributed by atoms with van der Waals surface area (Å²) >= 11 is 3.37. The maximum Gasteiger partial charge on any atom is 0.274 e. The van der Waals surface area contributed by atoms with E-state index in [-0.39, 0.29) is 18.4 Å². The molecule has 3 aromatic rings. The van der Waals surface area contributed by atoms with Crippen molar-refractivity contribution in [1.82, 2.24) is 14.3 Å². The highest BCUT2D eigenvalue weighted by Gasteiger charge is 2.18. The summed E-state index contributed by atoms with van der Waals surface area (Å²) in [5.74, 6) is -0.576. The molecule has 1 N–H and O–H groups in total. The molecule has 0 radical (unpaired) electrons. The van der Waals surface area contributed by atoms with Gasteiger partial charge in [-0.25, -0.2) is 4.98 Å². The van der Waals surface area contributed by atoms with Gasteiger partial charge in [-0.05, 0) is 47.1 Å². The minimum Gasteiger partial charge on any atom is -0.331 e. The minimum atomic E-state index is -0.301. The number of carbonyl (C=O) groups excluding carboxylic acids is 2. The van der Waals surface area contributed by atoms with Gasteiger partial charge in [0.05, 0.1) is 12.2 Å². The number of hydrogen-bond acceptors (Lipinski definition) is 3. The van der Waals surface area contributed by atoms with Crippen molar-refractivity contribution in [2.24, 2.45) is 0 Å². The first-order chi connectivity index (χ1) is 12.0. The number of nitrogens with zero attached hydrogens (tertiary/aromatic N) is 3. The number of carbonyl (C=O) groups is 2. The molecule has 0 aliphatic heterocycles. The molecular weight excluding hydrogens is 384 g/mol. The van der Waals surface area contributed by atoms with Crippen LogP contribution < -0.4 is 5.32 Å². The average molecular weight is 401 g/mol. The monoisotopic (exact) mass is 400 g/mol. The molecule has 2 amide bonds. The lowest BCUT2D eigenvalue weighted by atomic mass is 10.3. The Hall–Kier alpha value is -2.67. The molecule has 128 valence electrons. The molecule has 25 heavy (non-hydrogen) atoms. The zero-order valence-electron chi connectivity index (χ0n) is 13.9. The molecule has 0 saturated heterocycles. The number of aryl methyl sites for hydroxylation is 1. The van der Waals surface area contributed by atoms with Crippen molar-refractivity contribution in [2.45, 2.75) is 6.92 Å². The fourth-order valence-corrected chi connectivity index (χ4v) is 2.87. The van der Waals surface area contributed by atoms with E-state index >= 15 is 0 Å². The van der Waals surface area contributed by atoms with Gasteiger partial charge < -0.3 is 14.6 Å². The van der Waals surface area contributed by atoms with Crippen molar-refractivity contribution < 1.29 is 9.59 Å². The zero-order valence-corrected chi connectivity index (χ0v) is 15.4. The molecule has 0 fully saturated rings. The number of pyridine rings is 1. The van der Waals surface area contributed by atoms with Crippen molar-refractivity contribution in [1.29, 1.82) is 0 Å². The Morgan fingerprint density at radius 3 is 2.68 bits per heavy atom. The third kappa shape index (κ3) is 3.71. The predicted octanol–water partition coefficient (Wildman–Crippen LogP) is 3.12. The number of amides is 2. The van der Waals surface area contributed by atoms with Gasteiger partial charge in [-0.15, -0.1) is 0 Å². The number of hydrogen-bond donors (Lipinski definition) is 1. The van der Waals surface area contributed by atoms with Gasteiger partial charge in [-0.1, -0.05) is 18.2 Å². The number of anilines is 1. The molecule has 3 rings (SSSR count). The van der Waals surface area contributed by atoms with E-state index in [1.807, 2.05) is 47.7 Å². The summed E-state index contributed by atoms with van der Waals surface area (Å²) in [6, 6.07) is 13.0. The largest absolute Gasteiger partial charge is 0.331 e. The fraction of sp³-hybridized carbons (Fsp3) is 0.167. The average Bonchev–Trinajstić information content (AvgIpc) is 3.02. The molecule has 0 unspecified atom stereocenters.